The van der Waals surface area contributed by atoms with Crippen LogP contribution < -0.4 is 5.43 Å². The molecule has 3 rings (SSSR count). The zero-order valence-electron chi connectivity index (χ0n) is 9.68. The summed E-state index contributed by atoms with van der Waals surface area (Å²) in [6.45, 7) is 0. The van der Waals surface area contributed by atoms with Gasteiger partial charge in [-0.05, 0) is 24.7 Å². The summed E-state index contributed by atoms with van der Waals surface area (Å²) in [6.07, 6.45) is 12.2. The number of hydrazone groups is 1. The second-order valence-electron chi connectivity index (χ2n) is 4.81. The van der Waals surface area contributed by atoms with Crippen LogP contribution in [0.5, 0.6) is 0 Å². The molecule has 2 aliphatic rings. The van der Waals surface area contributed by atoms with E-state index < -0.39 is 0 Å². The molecule has 2 aliphatic carbocycles. The molecular formula is C13H13Cl2N3. The van der Waals surface area contributed by atoms with E-state index in [1.807, 2.05) is 6.21 Å². The lowest BCUT2D eigenvalue weighted by Crippen LogP contribution is -2.09. The molecule has 5 heteroatoms. The molecule has 0 saturated heterocycles. The van der Waals surface area contributed by atoms with Crippen molar-refractivity contribution in [2.24, 2.45) is 22.9 Å². The van der Waals surface area contributed by atoms with E-state index in [1.165, 1.54) is 12.8 Å². The molecule has 94 valence electrons. The fourth-order valence-corrected chi connectivity index (χ4v) is 3.16. The topological polar surface area (TPSA) is 37.3 Å². The number of nitrogens with zero attached hydrogens (tertiary/aromatic N) is 2. The van der Waals surface area contributed by atoms with Crippen molar-refractivity contribution in [3.63, 3.8) is 0 Å². The first-order valence-corrected chi connectivity index (χ1v) is 6.76. The Morgan fingerprint density at radius 1 is 1.22 bits per heavy atom. The Kier molecular flexibility index (Phi) is 3.27. The molecule has 3 atom stereocenters. The van der Waals surface area contributed by atoms with Crippen LogP contribution >= 0.6 is 23.2 Å². The zero-order chi connectivity index (χ0) is 12.5. The van der Waals surface area contributed by atoms with E-state index in [1.54, 1.807) is 12.4 Å². The van der Waals surface area contributed by atoms with Gasteiger partial charge in [-0.25, -0.2) is 0 Å². The normalized spacial score (nSPS) is 29.3. The molecule has 0 spiro atoms. The minimum Gasteiger partial charge on any atom is -0.276 e. The van der Waals surface area contributed by atoms with E-state index >= 15 is 0 Å². The summed E-state index contributed by atoms with van der Waals surface area (Å²) in [5.74, 6) is 1.94. The number of hydrogen-bond acceptors (Lipinski definition) is 3. The first-order chi connectivity index (χ1) is 8.74. The van der Waals surface area contributed by atoms with Crippen molar-refractivity contribution in [2.45, 2.75) is 12.8 Å². The summed E-state index contributed by atoms with van der Waals surface area (Å²) in [5, 5.41) is 5.22. The van der Waals surface area contributed by atoms with E-state index in [0.717, 1.165) is 5.92 Å². The van der Waals surface area contributed by atoms with Crippen LogP contribution in [0.3, 0.4) is 0 Å². The van der Waals surface area contributed by atoms with E-state index in [9.17, 15) is 0 Å². The molecule has 0 aromatic carbocycles. The quantitative estimate of drug-likeness (QED) is 0.517. The predicted octanol–water partition coefficient (Wildman–Crippen LogP) is 4.00. The van der Waals surface area contributed by atoms with Crippen LogP contribution in [0.4, 0.5) is 5.69 Å². The number of pyridine rings is 1. The molecule has 1 aromatic rings. The zero-order valence-corrected chi connectivity index (χ0v) is 11.2. The van der Waals surface area contributed by atoms with Crippen LogP contribution in [0.2, 0.25) is 10.0 Å². The Labute approximate surface area is 116 Å². The maximum absolute atomic E-state index is 5.99. The highest BCUT2D eigenvalue weighted by Crippen LogP contribution is 2.42. The Morgan fingerprint density at radius 2 is 2.00 bits per heavy atom. The molecule has 0 amide bonds. The van der Waals surface area contributed by atoms with Gasteiger partial charge in [-0.2, -0.15) is 5.10 Å². The molecule has 1 aromatic heterocycles. The van der Waals surface area contributed by atoms with Crippen LogP contribution in [0.15, 0.2) is 29.6 Å². The molecule has 2 bridgehead atoms. The van der Waals surface area contributed by atoms with Crippen molar-refractivity contribution in [3.05, 3.63) is 34.6 Å². The van der Waals surface area contributed by atoms with Crippen LogP contribution in [-0.2, 0) is 0 Å². The lowest BCUT2D eigenvalue weighted by Gasteiger charge is -2.12. The van der Waals surface area contributed by atoms with Gasteiger partial charge < -0.3 is 0 Å². The summed E-state index contributed by atoms with van der Waals surface area (Å²) in [4.78, 5) is 3.90. The third-order valence-electron chi connectivity index (χ3n) is 3.63. The van der Waals surface area contributed by atoms with E-state index in [4.69, 9.17) is 23.2 Å². The number of rotatable bonds is 3. The summed E-state index contributed by atoms with van der Waals surface area (Å²) in [5.41, 5.74) is 3.52. The molecule has 3 unspecified atom stereocenters. The molecule has 18 heavy (non-hydrogen) atoms. The predicted molar refractivity (Wildman–Crippen MR) is 75.2 cm³/mol. The third kappa shape index (κ3) is 2.25. The minimum absolute atomic E-state index is 0.479. The molecule has 3 nitrogen and oxygen atoms in total. The molecule has 1 heterocycles. The van der Waals surface area contributed by atoms with Crippen LogP contribution in [0.25, 0.3) is 0 Å². The standard InChI is InChI=1S/C13H13Cl2N3/c14-11-6-16-7-12(15)13(11)18-17-5-10-4-8-1-2-9(10)3-8/h1-2,5-10H,3-4H2,(H,16,18). The molecule has 0 radical (unpaired) electrons. The van der Waals surface area contributed by atoms with Gasteiger partial charge in [0.1, 0.15) is 0 Å². The van der Waals surface area contributed by atoms with Crippen LogP contribution in [0.1, 0.15) is 12.8 Å². The van der Waals surface area contributed by atoms with E-state index in [2.05, 4.69) is 27.7 Å². The summed E-state index contributed by atoms with van der Waals surface area (Å²) in [6, 6.07) is 0. The first-order valence-electron chi connectivity index (χ1n) is 6.00. The number of anilines is 1. The first kappa shape index (κ1) is 12.0. The van der Waals surface area contributed by atoms with Crippen molar-refractivity contribution in [2.75, 3.05) is 5.43 Å². The van der Waals surface area contributed by atoms with Crippen molar-refractivity contribution in [1.82, 2.24) is 4.98 Å². The van der Waals surface area contributed by atoms with Gasteiger partial charge in [0.2, 0.25) is 0 Å². The van der Waals surface area contributed by atoms with Gasteiger partial charge in [0.15, 0.2) is 0 Å². The largest absolute Gasteiger partial charge is 0.276 e. The molecule has 1 fully saturated rings. The molecule has 1 saturated carbocycles. The van der Waals surface area contributed by atoms with Gasteiger partial charge in [0.05, 0.1) is 15.7 Å². The number of halogens is 2. The summed E-state index contributed by atoms with van der Waals surface area (Å²) in [7, 11) is 0. The monoisotopic (exact) mass is 281 g/mol. The van der Waals surface area contributed by atoms with Crippen molar-refractivity contribution < 1.29 is 0 Å². The molecular weight excluding hydrogens is 269 g/mol. The van der Waals surface area contributed by atoms with Crippen LogP contribution in [-0.4, -0.2) is 11.2 Å². The van der Waals surface area contributed by atoms with Crippen molar-refractivity contribution in [1.29, 1.82) is 0 Å². The molecule has 1 N–H and O–H groups in total. The average molecular weight is 282 g/mol. The van der Waals surface area contributed by atoms with Gasteiger partial charge in [-0.3, -0.25) is 10.4 Å². The maximum atomic E-state index is 5.99. The highest BCUT2D eigenvalue weighted by molar-refractivity contribution is 6.38. The maximum Gasteiger partial charge on any atom is 0.0965 e. The third-order valence-corrected chi connectivity index (χ3v) is 4.20. The van der Waals surface area contributed by atoms with Gasteiger partial charge in [-0.15, -0.1) is 0 Å². The van der Waals surface area contributed by atoms with Crippen molar-refractivity contribution >= 4 is 35.1 Å². The lowest BCUT2D eigenvalue weighted by molar-refractivity contribution is 0.594. The van der Waals surface area contributed by atoms with E-state index in [-0.39, 0.29) is 0 Å². The van der Waals surface area contributed by atoms with Crippen LogP contribution in [0, 0.1) is 17.8 Å². The number of nitrogens with one attached hydrogen (secondary N) is 1. The fourth-order valence-electron chi connectivity index (χ4n) is 2.71. The van der Waals surface area contributed by atoms with Gasteiger partial charge >= 0.3 is 0 Å². The minimum atomic E-state index is 0.479. The highest BCUT2D eigenvalue weighted by Gasteiger charge is 2.34. The molecule has 0 aliphatic heterocycles. The SMILES string of the molecule is Clc1cncc(Cl)c1NN=CC1CC2C=CC1C2. The van der Waals surface area contributed by atoms with Gasteiger partial charge in [0, 0.05) is 24.5 Å². The highest BCUT2D eigenvalue weighted by atomic mass is 35.5. The lowest BCUT2D eigenvalue weighted by atomic mass is 9.95. The Balaban J connectivity index is 1.66. The fraction of sp³-hybridized carbons (Fsp3) is 0.385. The van der Waals surface area contributed by atoms with Gasteiger partial charge in [0.25, 0.3) is 0 Å². The smallest absolute Gasteiger partial charge is 0.0965 e. The van der Waals surface area contributed by atoms with Gasteiger partial charge in [-0.1, -0.05) is 35.4 Å². The van der Waals surface area contributed by atoms with Crippen molar-refractivity contribution in [3.8, 4) is 0 Å². The Hall–Kier alpha value is -1.06. The Morgan fingerprint density at radius 3 is 2.61 bits per heavy atom. The summed E-state index contributed by atoms with van der Waals surface area (Å²) < 4.78 is 0. The number of hydrogen-bond donors (Lipinski definition) is 1. The number of fused-ring (bicyclic) bond motifs is 2. The average Bonchev–Trinajstić information content (AvgIpc) is 2.95. The second kappa shape index (κ2) is 4.90. The number of allylic oxidation sites excluding steroid dienone is 2. The summed E-state index contributed by atoms with van der Waals surface area (Å²) >= 11 is 12.0. The van der Waals surface area contributed by atoms with E-state index in [0.29, 0.717) is 27.6 Å². The number of aromatic nitrogens is 1. The Bertz CT molecular complexity index is 493. The second-order valence-corrected chi connectivity index (χ2v) is 5.63.